The van der Waals surface area contributed by atoms with Crippen LogP contribution in [0.15, 0.2) is 30.3 Å². The fourth-order valence-corrected chi connectivity index (χ4v) is 8.89. The summed E-state index contributed by atoms with van der Waals surface area (Å²) in [6.07, 6.45) is 2.33. The van der Waals surface area contributed by atoms with E-state index in [0.29, 0.717) is 39.3 Å². The summed E-state index contributed by atoms with van der Waals surface area (Å²) in [5.41, 5.74) is 0.785. The molecule has 4 saturated heterocycles. The van der Waals surface area contributed by atoms with Crippen molar-refractivity contribution in [2.45, 2.75) is 48.3 Å². The molecule has 0 aliphatic carbocycles. The van der Waals surface area contributed by atoms with Crippen LogP contribution in [-0.2, 0) is 19.1 Å². The van der Waals surface area contributed by atoms with Gasteiger partial charge < -0.3 is 25.4 Å². The standard InChI is InChI=1S/C27H38N4O5S/c1-2-10-28-24(33)21-20-8-9-27(37-20)22(21)26(35)31(19(17-32)18-6-4-3-5-7-18)23(27)25(34)29-11-12-30-13-15-36-16-14-30/h3-7,19-23,32H,2,8-17H2,1H3,(H,28,33)(H,29,34)/t19-,20-,21+,22+,23?,27?/m1/s1. The van der Waals surface area contributed by atoms with Crippen LogP contribution in [0.1, 0.15) is 37.8 Å². The molecule has 4 aliphatic heterocycles. The van der Waals surface area contributed by atoms with Crippen molar-refractivity contribution in [3.05, 3.63) is 35.9 Å². The molecule has 9 nitrogen and oxygen atoms in total. The average Bonchev–Trinajstić information content (AvgIpc) is 3.57. The monoisotopic (exact) mass is 530 g/mol. The number of ether oxygens (including phenoxy) is 1. The lowest BCUT2D eigenvalue weighted by Gasteiger charge is -2.37. The minimum atomic E-state index is -0.744. The van der Waals surface area contributed by atoms with Gasteiger partial charge in [0.2, 0.25) is 17.7 Å². The molecule has 5 rings (SSSR count). The molecule has 10 heteroatoms. The molecule has 0 aromatic heterocycles. The lowest BCUT2D eigenvalue weighted by molar-refractivity contribution is -0.143. The van der Waals surface area contributed by atoms with Crippen LogP contribution in [0.5, 0.6) is 0 Å². The summed E-state index contributed by atoms with van der Waals surface area (Å²) >= 11 is 1.66. The maximum Gasteiger partial charge on any atom is 0.244 e. The molecule has 4 fully saturated rings. The maximum atomic E-state index is 14.2. The Balaban J connectivity index is 1.44. The van der Waals surface area contributed by atoms with Crippen LogP contribution in [0.3, 0.4) is 0 Å². The largest absolute Gasteiger partial charge is 0.394 e. The smallest absolute Gasteiger partial charge is 0.244 e. The molecule has 202 valence electrons. The zero-order chi connectivity index (χ0) is 26.0. The van der Waals surface area contributed by atoms with Crippen molar-refractivity contribution in [3.8, 4) is 0 Å². The first-order valence-electron chi connectivity index (χ1n) is 13.5. The highest BCUT2D eigenvalue weighted by Crippen LogP contribution is 2.67. The number of amides is 3. The van der Waals surface area contributed by atoms with E-state index < -0.39 is 28.7 Å². The van der Waals surface area contributed by atoms with Gasteiger partial charge in [-0.3, -0.25) is 19.3 Å². The third-order valence-electron chi connectivity index (χ3n) is 8.36. The van der Waals surface area contributed by atoms with Crippen LogP contribution in [0.2, 0.25) is 0 Å². The van der Waals surface area contributed by atoms with Gasteiger partial charge in [0, 0.05) is 38.0 Å². The molecule has 3 N–H and O–H groups in total. The van der Waals surface area contributed by atoms with Gasteiger partial charge in [-0.25, -0.2) is 0 Å². The van der Waals surface area contributed by atoms with Gasteiger partial charge >= 0.3 is 0 Å². The second-order valence-corrected chi connectivity index (χ2v) is 12.0. The fourth-order valence-electron chi connectivity index (χ4n) is 6.68. The number of nitrogens with zero attached hydrogens (tertiary/aromatic N) is 2. The van der Waals surface area contributed by atoms with Crippen molar-refractivity contribution in [1.82, 2.24) is 20.4 Å². The Bertz CT molecular complexity index is 990. The normalized spacial score (nSPS) is 31.8. The number of aliphatic hydroxyl groups excluding tert-OH is 1. The zero-order valence-electron chi connectivity index (χ0n) is 21.4. The number of likely N-dealkylation sites (tertiary alicyclic amines) is 1. The van der Waals surface area contributed by atoms with Crippen molar-refractivity contribution in [2.24, 2.45) is 11.8 Å². The predicted molar refractivity (Wildman–Crippen MR) is 141 cm³/mol. The van der Waals surface area contributed by atoms with Gasteiger partial charge in [-0.1, -0.05) is 37.3 Å². The number of rotatable bonds is 10. The second-order valence-electron chi connectivity index (χ2n) is 10.4. The number of hydrogen-bond acceptors (Lipinski definition) is 7. The molecule has 0 radical (unpaired) electrons. The van der Waals surface area contributed by atoms with E-state index in [9.17, 15) is 19.5 Å². The molecule has 4 aliphatic rings. The Morgan fingerprint density at radius 3 is 2.59 bits per heavy atom. The van der Waals surface area contributed by atoms with Crippen LogP contribution in [0, 0.1) is 11.8 Å². The van der Waals surface area contributed by atoms with Crippen molar-refractivity contribution in [1.29, 1.82) is 0 Å². The highest BCUT2D eigenvalue weighted by Gasteiger charge is 2.74. The van der Waals surface area contributed by atoms with Gasteiger partial charge in [0.15, 0.2) is 0 Å². The van der Waals surface area contributed by atoms with E-state index in [1.807, 2.05) is 37.3 Å². The average molecular weight is 531 g/mol. The minimum absolute atomic E-state index is 0.0286. The van der Waals surface area contributed by atoms with E-state index in [-0.39, 0.29) is 29.6 Å². The quantitative estimate of drug-likeness (QED) is 0.410. The van der Waals surface area contributed by atoms with Crippen LogP contribution < -0.4 is 10.6 Å². The number of carbonyl (C=O) groups excluding carboxylic acids is 3. The molecule has 1 aromatic rings. The molecular formula is C27H38N4O5S. The Labute approximate surface area is 222 Å². The molecule has 6 atom stereocenters. The molecule has 0 saturated carbocycles. The number of morpholine rings is 1. The summed E-state index contributed by atoms with van der Waals surface area (Å²) in [6, 6.07) is 7.99. The SMILES string of the molecule is CCCNC(=O)[C@@H]1[C@H]2C(=O)N([C@H](CO)c3ccccc3)C(C(=O)NCCN3CCOCC3)C23CC[C@H]1S3. The van der Waals surface area contributed by atoms with E-state index in [4.69, 9.17) is 4.74 Å². The van der Waals surface area contributed by atoms with E-state index in [1.165, 1.54) is 0 Å². The summed E-state index contributed by atoms with van der Waals surface area (Å²) in [7, 11) is 0. The highest BCUT2D eigenvalue weighted by molar-refractivity contribution is 8.02. The molecule has 4 heterocycles. The van der Waals surface area contributed by atoms with Gasteiger partial charge in [-0.15, -0.1) is 11.8 Å². The van der Waals surface area contributed by atoms with Crippen molar-refractivity contribution in [3.63, 3.8) is 0 Å². The van der Waals surface area contributed by atoms with Gasteiger partial charge in [0.05, 0.1) is 42.4 Å². The molecule has 2 unspecified atom stereocenters. The third-order valence-corrected chi connectivity index (χ3v) is 10.3. The Morgan fingerprint density at radius 2 is 1.89 bits per heavy atom. The predicted octanol–water partition coefficient (Wildman–Crippen LogP) is 0.786. The minimum Gasteiger partial charge on any atom is -0.394 e. The zero-order valence-corrected chi connectivity index (χ0v) is 22.3. The van der Waals surface area contributed by atoms with Crippen LogP contribution >= 0.6 is 11.8 Å². The Kier molecular flexibility index (Phi) is 8.09. The highest BCUT2D eigenvalue weighted by atomic mass is 32.2. The third kappa shape index (κ3) is 4.77. The van der Waals surface area contributed by atoms with Gasteiger partial charge in [0.1, 0.15) is 6.04 Å². The summed E-state index contributed by atoms with van der Waals surface area (Å²) in [5.74, 6) is -1.50. The van der Waals surface area contributed by atoms with E-state index in [0.717, 1.165) is 31.5 Å². The lowest BCUT2D eigenvalue weighted by atomic mass is 9.70. The molecule has 2 bridgehead atoms. The van der Waals surface area contributed by atoms with Crippen LogP contribution in [0.4, 0.5) is 0 Å². The van der Waals surface area contributed by atoms with E-state index in [2.05, 4.69) is 15.5 Å². The number of nitrogens with one attached hydrogen (secondary N) is 2. The second kappa shape index (κ2) is 11.3. The number of benzene rings is 1. The Hall–Kier alpha value is -2.14. The first-order valence-corrected chi connectivity index (χ1v) is 14.4. The van der Waals surface area contributed by atoms with Gasteiger partial charge in [-0.2, -0.15) is 0 Å². The lowest BCUT2D eigenvalue weighted by Crippen LogP contribution is -2.55. The van der Waals surface area contributed by atoms with Crippen molar-refractivity contribution < 1.29 is 24.2 Å². The molecule has 3 amide bonds. The summed E-state index contributed by atoms with van der Waals surface area (Å²) in [6.45, 7) is 6.52. The summed E-state index contributed by atoms with van der Waals surface area (Å²) in [5, 5.41) is 16.6. The number of hydrogen-bond donors (Lipinski definition) is 3. The molecule has 1 spiro atoms. The number of carbonyl (C=O) groups is 3. The van der Waals surface area contributed by atoms with Crippen molar-refractivity contribution in [2.75, 3.05) is 52.5 Å². The first-order chi connectivity index (χ1) is 18.0. The number of thioether (sulfide) groups is 1. The van der Waals surface area contributed by atoms with Crippen LogP contribution in [0.25, 0.3) is 0 Å². The molecule has 1 aromatic carbocycles. The summed E-state index contributed by atoms with van der Waals surface area (Å²) in [4.78, 5) is 45.2. The summed E-state index contributed by atoms with van der Waals surface area (Å²) < 4.78 is 4.75. The molecular weight excluding hydrogens is 492 g/mol. The topological polar surface area (TPSA) is 111 Å². The maximum absolute atomic E-state index is 14.2. The number of aliphatic hydroxyl groups is 1. The molecule has 37 heavy (non-hydrogen) atoms. The first kappa shape index (κ1) is 26.5. The van der Waals surface area contributed by atoms with Crippen LogP contribution in [-0.4, -0.2) is 101 Å². The van der Waals surface area contributed by atoms with E-state index >= 15 is 0 Å². The van der Waals surface area contributed by atoms with Gasteiger partial charge in [-0.05, 0) is 24.8 Å². The number of fused-ring (bicyclic) bond motifs is 1. The van der Waals surface area contributed by atoms with Gasteiger partial charge in [0.25, 0.3) is 0 Å². The Morgan fingerprint density at radius 1 is 1.16 bits per heavy atom. The van der Waals surface area contributed by atoms with Crippen molar-refractivity contribution >= 4 is 29.5 Å². The van der Waals surface area contributed by atoms with E-state index in [1.54, 1.807) is 16.7 Å². The fraction of sp³-hybridized carbons (Fsp3) is 0.667.